The van der Waals surface area contributed by atoms with Crippen molar-refractivity contribution in [1.82, 2.24) is 9.88 Å². The van der Waals surface area contributed by atoms with Crippen LogP contribution in [0.15, 0.2) is 36.5 Å². The summed E-state index contributed by atoms with van der Waals surface area (Å²) in [4.78, 5) is 43.5. The average Bonchev–Trinajstić information content (AvgIpc) is 3.18. The molecule has 0 bridgehead atoms. The standard InChI is InChI=1S/C27H29N5O5/c1-3-17-8-18(4-6-23(17)32-11-20(9-28)37-26(32)35)19-5-7-24(30-10-19)27(15-29)21-12-31(13-22(21)27)25(34)14-36-16(2)33/h4-8,10,20-22H,3,9,11-14,28H2,1-2H3. The van der Waals surface area contributed by atoms with Crippen molar-refractivity contribution >= 4 is 23.7 Å². The SMILES string of the molecule is CCc1cc(-c2ccc(C3(C#N)C4CN(C(=O)COC(C)=O)CC43)nc2)ccc1N1CC(CN)OC1=O. The Morgan fingerprint density at radius 3 is 2.51 bits per heavy atom. The summed E-state index contributed by atoms with van der Waals surface area (Å²) in [5.74, 6) is -0.706. The monoisotopic (exact) mass is 503 g/mol. The molecule has 3 heterocycles. The number of fused-ring (bicyclic) bond motifs is 1. The quantitative estimate of drug-likeness (QED) is 0.566. The van der Waals surface area contributed by atoms with E-state index >= 15 is 0 Å². The van der Waals surface area contributed by atoms with Crippen molar-refractivity contribution in [2.75, 3.05) is 37.7 Å². The number of rotatable bonds is 7. The molecule has 3 aliphatic rings. The third-order valence-electron chi connectivity index (χ3n) is 7.73. The third kappa shape index (κ3) is 4.19. The van der Waals surface area contributed by atoms with Crippen LogP contribution in [-0.2, 0) is 30.9 Å². The summed E-state index contributed by atoms with van der Waals surface area (Å²) in [6, 6.07) is 12.2. The first-order valence-electron chi connectivity index (χ1n) is 12.4. The average molecular weight is 504 g/mol. The Morgan fingerprint density at radius 1 is 1.22 bits per heavy atom. The third-order valence-corrected chi connectivity index (χ3v) is 7.73. The lowest BCUT2D eigenvalue weighted by atomic mass is 9.95. The van der Waals surface area contributed by atoms with Gasteiger partial charge in [0.15, 0.2) is 6.61 Å². The zero-order chi connectivity index (χ0) is 26.3. The number of piperidine rings is 1. The smallest absolute Gasteiger partial charge is 0.414 e. The second kappa shape index (κ2) is 9.48. The molecule has 5 rings (SSSR count). The number of esters is 1. The van der Waals surface area contributed by atoms with E-state index in [1.165, 1.54) is 6.92 Å². The topological polar surface area (TPSA) is 139 Å². The molecule has 3 unspecified atom stereocenters. The van der Waals surface area contributed by atoms with E-state index in [0.29, 0.717) is 25.3 Å². The minimum Gasteiger partial charge on any atom is -0.456 e. The van der Waals surface area contributed by atoms with Gasteiger partial charge in [0.25, 0.3) is 5.91 Å². The molecule has 2 aromatic rings. The molecule has 10 heteroatoms. The molecule has 1 saturated carbocycles. The van der Waals surface area contributed by atoms with E-state index < -0.39 is 11.4 Å². The maximum Gasteiger partial charge on any atom is 0.414 e. The number of pyridine rings is 1. The number of carbonyl (C=O) groups is 3. The highest BCUT2D eigenvalue weighted by Gasteiger charge is 2.71. The zero-order valence-electron chi connectivity index (χ0n) is 20.8. The maximum absolute atomic E-state index is 12.3. The van der Waals surface area contributed by atoms with Crippen LogP contribution < -0.4 is 10.6 Å². The second-order valence-corrected chi connectivity index (χ2v) is 9.75. The van der Waals surface area contributed by atoms with E-state index in [1.807, 2.05) is 37.3 Å². The number of hydrogen-bond donors (Lipinski definition) is 1. The molecule has 2 aliphatic heterocycles. The Bertz CT molecular complexity index is 1280. The number of anilines is 1. The lowest BCUT2D eigenvalue weighted by Crippen LogP contribution is -2.37. The van der Waals surface area contributed by atoms with Crippen molar-refractivity contribution in [1.29, 1.82) is 5.26 Å². The summed E-state index contributed by atoms with van der Waals surface area (Å²) < 4.78 is 10.1. The predicted molar refractivity (Wildman–Crippen MR) is 133 cm³/mol. The van der Waals surface area contributed by atoms with Crippen LogP contribution in [0.4, 0.5) is 10.5 Å². The molecule has 192 valence electrons. The van der Waals surface area contributed by atoms with Crippen molar-refractivity contribution in [2.45, 2.75) is 31.8 Å². The Labute approximate surface area is 214 Å². The van der Waals surface area contributed by atoms with Crippen molar-refractivity contribution in [2.24, 2.45) is 17.6 Å². The Kier molecular flexibility index (Phi) is 6.33. The van der Waals surface area contributed by atoms with Crippen molar-refractivity contribution in [3.63, 3.8) is 0 Å². The first kappa shape index (κ1) is 24.7. The van der Waals surface area contributed by atoms with Crippen LogP contribution in [0, 0.1) is 23.2 Å². The highest BCUT2D eigenvalue weighted by molar-refractivity contribution is 5.91. The number of benzene rings is 1. The number of cyclic esters (lactones) is 1. The van der Waals surface area contributed by atoms with Crippen molar-refractivity contribution < 1.29 is 23.9 Å². The first-order chi connectivity index (χ1) is 17.8. The largest absolute Gasteiger partial charge is 0.456 e. The van der Waals surface area contributed by atoms with Gasteiger partial charge in [-0.2, -0.15) is 5.26 Å². The van der Waals surface area contributed by atoms with Gasteiger partial charge in [-0.1, -0.05) is 19.1 Å². The minimum atomic E-state index is -0.704. The van der Waals surface area contributed by atoms with Crippen LogP contribution in [0.1, 0.15) is 25.1 Å². The molecule has 2 N–H and O–H groups in total. The van der Waals surface area contributed by atoms with Crippen molar-refractivity contribution in [3.8, 4) is 17.2 Å². The van der Waals surface area contributed by atoms with Crippen LogP contribution in [0.2, 0.25) is 0 Å². The second-order valence-electron chi connectivity index (χ2n) is 9.75. The Morgan fingerprint density at radius 2 is 1.95 bits per heavy atom. The van der Waals surface area contributed by atoms with E-state index in [0.717, 1.165) is 28.8 Å². The number of aromatic nitrogens is 1. The fourth-order valence-corrected chi connectivity index (χ4v) is 5.65. The van der Waals surface area contributed by atoms with Gasteiger partial charge in [0.2, 0.25) is 0 Å². The van der Waals surface area contributed by atoms with E-state index in [2.05, 4.69) is 11.1 Å². The molecule has 1 aromatic heterocycles. The molecule has 10 nitrogen and oxygen atoms in total. The molecule has 3 fully saturated rings. The highest BCUT2D eigenvalue weighted by atomic mass is 16.6. The zero-order valence-corrected chi connectivity index (χ0v) is 20.8. The summed E-state index contributed by atoms with van der Waals surface area (Å²) in [5.41, 5.74) is 9.38. The molecule has 1 aromatic carbocycles. The van der Waals surface area contributed by atoms with Gasteiger partial charge < -0.3 is 20.1 Å². The van der Waals surface area contributed by atoms with Gasteiger partial charge in [-0.05, 0) is 35.7 Å². The number of nitrogens with two attached hydrogens (primary N) is 1. The van der Waals surface area contributed by atoms with Gasteiger partial charge in [-0.3, -0.25) is 19.5 Å². The molecular formula is C27H29N5O5. The van der Waals surface area contributed by atoms with Gasteiger partial charge >= 0.3 is 12.1 Å². The molecule has 2 saturated heterocycles. The van der Waals surface area contributed by atoms with E-state index in [-0.39, 0.29) is 43.1 Å². The van der Waals surface area contributed by atoms with E-state index in [9.17, 15) is 19.6 Å². The first-order valence-corrected chi connectivity index (χ1v) is 12.4. The Hall–Kier alpha value is -3.97. The number of amides is 2. The molecule has 1 aliphatic carbocycles. The van der Waals surface area contributed by atoms with Gasteiger partial charge in [0, 0.05) is 50.2 Å². The van der Waals surface area contributed by atoms with Crippen LogP contribution in [0.5, 0.6) is 0 Å². The van der Waals surface area contributed by atoms with Crippen LogP contribution in [0.3, 0.4) is 0 Å². The summed E-state index contributed by atoms with van der Waals surface area (Å²) >= 11 is 0. The maximum atomic E-state index is 12.3. The van der Waals surface area contributed by atoms with Crippen molar-refractivity contribution in [3.05, 3.63) is 47.8 Å². The number of likely N-dealkylation sites (tertiary alicyclic amines) is 1. The summed E-state index contributed by atoms with van der Waals surface area (Å²) in [7, 11) is 0. The number of nitriles is 1. The molecule has 2 amide bonds. The number of hydrogen-bond acceptors (Lipinski definition) is 8. The van der Waals surface area contributed by atoms with Crippen LogP contribution >= 0.6 is 0 Å². The fourth-order valence-electron chi connectivity index (χ4n) is 5.65. The minimum absolute atomic E-state index is 0.0145. The predicted octanol–water partition coefficient (Wildman–Crippen LogP) is 2.01. The molecule has 37 heavy (non-hydrogen) atoms. The summed E-state index contributed by atoms with van der Waals surface area (Å²) in [6.45, 7) is 4.65. The fraction of sp³-hybridized carbons (Fsp3) is 0.444. The normalized spacial score (nSPS) is 25.9. The lowest BCUT2D eigenvalue weighted by molar-refractivity contribution is -0.150. The van der Waals surface area contributed by atoms with Crippen LogP contribution in [-0.4, -0.2) is 66.7 Å². The summed E-state index contributed by atoms with van der Waals surface area (Å²) in [5, 5.41) is 10.1. The molecule has 3 atom stereocenters. The van der Waals surface area contributed by atoms with Crippen LogP contribution in [0.25, 0.3) is 11.1 Å². The number of aryl methyl sites for hydroxylation is 1. The number of nitrogens with zero attached hydrogens (tertiary/aromatic N) is 4. The molecule has 0 spiro atoms. The van der Waals surface area contributed by atoms with E-state index in [4.69, 9.17) is 15.2 Å². The lowest BCUT2D eigenvalue weighted by Gasteiger charge is -2.22. The van der Waals surface area contributed by atoms with E-state index in [1.54, 1.807) is 16.0 Å². The highest BCUT2D eigenvalue weighted by Crippen LogP contribution is 2.62. The van der Waals surface area contributed by atoms with Gasteiger partial charge in [0.05, 0.1) is 24.0 Å². The number of carbonyl (C=O) groups excluding carboxylic acids is 3. The van der Waals surface area contributed by atoms with Gasteiger partial charge in [-0.25, -0.2) is 4.79 Å². The molecule has 0 radical (unpaired) electrons. The number of ether oxygens (including phenoxy) is 2. The molecular weight excluding hydrogens is 474 g/mol. The van der Waals surface area contributed by atoms with Gasteiger partial charge in [-0.15, -0.1) is 0 Å². The Balaban J connectivity index is 1.30. The van der Waals surface area contributed by atoms with Gasteiger partial charge in [0.1, 0.15) is 11.5 Å². The summed E-state index contributed by atoms with van der Waals surface area (Å²) in [6.07, 6.45) is 1.82.